The van der Waals surface area contributed by atoms with E-state index in [9.17, 15) is 13.7 Å². The van der Waals surface area contributed by atoms with Crippen molar-refractivity contribution in [3.05, 3.63) is 35.9 Å². The predicted octanol–water partition coefficient (Wildman–Crippen LogP) is 0.768. The highest BCUT2D eigenvalue weighted by Crippen LogP contribution is 2.41. The van der Waals surface area contributed by atoms with Gasteiger partial charge in [-0.25, -0.2) is 5.14 Å². The van der Waals surface area contributed by atoms with E-state index < -0.39 is 10.2 Å². The molecule has 8 heteroatoms. The lowest BCUT2D eigenvalue weighted by Gasteiger charge is -2.55. The number of nitrogens with one attached hydrogen (secondary N) is 1. The first-order valence-corrected chi connectivity index (χ1v) is 11.1. The summed E-state index contributed by atoms with van der Waals surface area (Å²) in [5.74, 6) is 0.629. The van der Waals surface area contributed by atoms with Gasteiger partial charge in [0.15, 0.2) is 0 Å². The summed E-state index contributed by atoms with van der Waals surface area (Å²) >= 11 is 0. The monoisotopic (exact) mass is 389 g/mol. The van der Waals surface area contributed by atoms with Gasteiger partial charge < -0.3 is 5.32 Å². The number of likely N-dealkylation sites (tertiary alicyclic amines) is 1. The molecular formula is C19H27N5O2S. The summed E-state index contributed by atoms with van der Waals surface area (Å²) in [7, 11) is -3.66. The summed E-state index contributed by atoms with van der Waals surface area (Å²) in [6, 6.07) is 14.0. The van der Waals surface area contributed by atoms with Gasteiger partial charge in [0.25, 0.3) is 10.2 Å². The lowest BCUT2D eigenvalue weighted by Crippen LogP contribution is -2.73. The number of rotatable bonds is 6. The summed E-state index contributed by atoms with van der Waals surface area (Å²) < 4.78 is 24.3. The molecule has 1 saturated carbocycles. The zero-order valence-electron chi connectivity index (χ0n) is 15.4. The number of nitrogens with zero attached hydrogens (tertiary/aromatic N) is 3. The molecule has 3 fully saturated rings. The van der Waals surface area contributed by atoms with Gasteiger partial charge in [0.2, 0.25) is 0 Å². The topological polar surface area (TPSA) is 102 Å². The Bertz CT molecular complexity index is 808. The first-order chi connectivity index (χ1) is 12.9. The molecule has 0 spiro atoms. The highest BCUT2D eigenvalue weighted by molar-refractivity contribution is 7.86. The molecule has 4 rings (SSSR count). The summed E-state index contributed by atoms with van der Waals surface area (Å²) in [5.41, 5.74) is 1.05. The van der Waals surface area contributed by atoms with E-state index in [4.69, 9.17) is 5.14 Å². The second-order valence-electron chi connectivity index (χ2n) is 8.16. The smallest absolute Gasteiger partial charge is 0.277 e. The summed E-state index contributed by atoms with van der Waals surface area (Å²) in [4.78, 5) is 2.30. The summed E-state index contributed by atoms with van der Waals surface area (Å²) in [6.07, 6.45) is 3.60. The van der Waals surface area contributed by atoms with E-state index in [1.165, 1.54) is 16.3 Å². The molecule has 3 aliphatic rings. The van der Waals surface area contributed by atoms with Crippen molar-refractivity contribution in [3.63, 3.8) is 0 Å². The van der Waals surface area contributed by atoms with Crippen LogP contribution in [0.3, 0.4) is 0 Å². The van der Waals surface area contributed by atoms with Crippen LogP contribution in [0.25, 0.3) is 0 Å². The number of benzene rings is 1. The maximum Gasteiger partial charge on any atom is 0.277 e. The molecular weight excluding hydrogens is 362 g/mol. The molecule has 0 amide bonds. The van der Waals surface area contributed by atoms with Crippen LogP contribution < -0.4 is 10.5 Å². The number of piperidine rings is 1. The van der Waals surface area contributed by atoms with Gasteiger partial charge in [0.1, 0.15) is 0 Å². The number of nitrogens with two attached hydrogens (primary N) is 1. The van der Waals surface area contributed by atoms with Crippen molar-refractivity contribution >= 4 is 10.2 Å². The molecule has 2 unspecified atom stereocenters. The highest BCUT2D eigenvalue weighted by Gasteiger charge is 2.51. The van der Waals surface area contributed by atoms with Crippen molar-refractivity contribution in [2.24, 2.45) is 5.14 Å². The van der Waals surface area contributed by atoms with Gasteiger partial charge in [-0.15, -0.1) is 0 Å². The lowest BCUT2D eigenvalue weighted by atomic mass is 9.84. The SMILES string of the molecule is N#CCC1(N2CCC(NC3CC3c3ccccc3)CC2)CN(S(N)(=O)=O)C1. The molecule has 2 atom stereocenters. The average Bonchev–Trinajstić information content (AvgIpc) is 3.37. The third-order valence-corrected chi connectivity index (χ3v) is 7.32. The van der Waals surface area contributed by atoms with Gasteiger partial charge >= 0.3 is 0 Å². The molecule has 0 bridgehead atoms. The van der Waals surface area contributed by atoms with Crippen LogP contribution >= 0.6 is 0 Å². The van der Waals surface area contributed by atoms with Crippen LogP contribution in [0.2, 0.25) is 0 Å². The molecule has 27 heavy (non-hydrogen) atoms. The van der Waals surface area contributed by atoms with Crippen molar-refractivity contribution in [2.45, 2.75) is 49.2 Å². The maximum atomic E-state index is 11.5. The van der Waals surface area contributed by atoms with Gasteiger partial charge in [-0.1, -0.05) is 30.3 Å². The summed E-state index contributed by atoms with van der Waals surface area (Å²) in [6.45, 7) is 2.44. The van der Waals surface area contributed by atoms with Crippen LogP contribution in [0.15, 0.2) is 30.3 Å². The molecule has 2 heterocycles. The molecule has 146 valence electrons. The van der Waals surface area contributed by atoms with Crippen LogP contribution in [-0.2, 0) is 10.2 Å². The van der Waals surface area contributed by atoms with Crippen LogP contribution in [-0.4, -0.2) is 61.4 Å². The minimum Gasteiger partial charge on any atom is -0.311 e. The summed E-state index contributed by atoms with van der Waals surface area (Å²) in [5, 5.41) is 18.2. The Hall–Kier alpha value is -1.50. The Balaban J connectivity index is 1.28. The number of nitriles is 1. The number of hydrogen-bond acceptors (Lipinski definition) is 5. The van der Waals surface area contributed by atoms with E-state index in [-0.39, 0.29) is 5.54 Å². The Morgan fingerprint density at radius 3 is 2.48 bits per heavy atom. The second-order valence-corrected chi connectivity index (χ2v) is 9.71. The molecule has 0 aromatic heterocycles. The third kappa shape index (κ3) is 3.89. The van der Waals surface area contributed by atoms with Crippen LogP contribution in [0.5, 0.6) is 0 Å². The van der Waals surface area contributed by atoms with E-state index >= 15 is 0 Å². The fraction of sp³-hybridized carbons (Fsp3) is 0.632. The maximum absolute atomic E-state index is 11.5. The van der Waals surface area contributed by atoms with Gasteiger partial charge in [-0.3, -0.25) is 4.90 Å². The highest BCUT2D eigenvalue weighted by atomic mass is 32.2. The van der Waals surface area contributed by atoms with Gasteiger partial charge in [0, 0.05) is 44.2 Å². The van der Waals surface area contributed by atoms with E-state index in [0.717, 1.165) is 25.9 Å². The Morgan fingerprint density at radius 1 is 1.22 bits per heavy atom. The van der Waals surface area contributed by atoms with E-state index in [1.54, 1.807) is 0 Å². The van der Waals surface area contributed by atoms with Crippen LogP contribution in [0, 0.1) is 11.3 Å². The molecule has 3 N–H and O–H groups in total. The van der Waals surface area contributed by atoms with Gasteiger partial charge in [-0.05, 0) is 24.8 Å². The van der Waals surface area contributed by atoms with E-state index in [1.807, 2.05) is 0 Å². The van der Waals surface area contributed by atoms with Crippen LogP contribution in [0.1, 0.15) is 37.2 Å². The second kappa shape index (κ2) is 7.15. The van der Waals surface area contributed by atoms with Crippen molar-refractivity contribution in [1.29, 1.82) is 5.26 Å². The van der Waals surface area contributed by atoms with E-state index in [0.29, 0.717) is 37.5 Å². The molecule has 2 saturated heterocycles. The average molecular weight is 390 g/mol. The fourth-order valence-corrected chi connectivity index (χ4v) is 5.47. The minimum atomic E-state index is -3.66. The predicted molar refractivity (Wildman–Crippen MR) is 103 cm³/mol. The Morgan fingerprint density at radius 2 is 1.89 bits per heavy atom. The Labute approximate surface area is 161 Å². The molecule has 7 nitrogen and oxygen atoms in total. The normalized spacial score (nSPS) is 29.0. The molecule has 1 aliphatic carbocycles. The number of hydrogen-bond donors (Lipinski definition) is 2. The Kier molecular flexibility index (Phi) is 4.99. The molecule has 1 aromatic carbocycles. The minimum absolute atomic E-state index is 0.330. The first-order valence-electron chi connectivity index (χ1n) is 9.62. The lowest BCUT2D eigenvalue weighted by molar-refractivity contribution is -0.0255. The first kappa shape index (κ1) is 18.8. The fourth-order valence-electron chi connectivity index (χ4n) is 4.63. The zero-order chi connectivity index (χ0) is 19.1. The van der Waals surface area contributed by atoms with E-state index in [2.05, 4.69) is 46.6 Å². The third-order valence-electron chi connectivity index (χ3n) is 6.34. The largest absolute Gasteiger partial charge is 0.311 e. The van der Waals surface area contributed by atoms with Crippen molar-refractivity contribution in [3.8, 4) is 6.07 Å². The van der Waals surface area contributed by atoms with Gasteiger partial charge in [0.05, 0.1) is 18.0 Å². The van der Waals surface area contributed by atoms with Gasteiger partial charge in [-0.2, -0.15) is 18.0 Å². The molecule has 1 aromatic rings. The quantitative estimate of drug-likeness (QED) is 0.748. The molecule has 0 radical (unpaired) electrons. The standard InChI is InChI=1S/C19H27N5O2S/c20-9-8-19(13-24(14-19)27(21,25)26)23-10-6-16(7-11-23)22-18-12-17(18)15-4-2-1-3-5-15/h1-5,16-18,22H,6-8,10-14H2,(H2,21,25,26). The molecule has 2 aliphatic heterocycles. The zero-order valence-corrected chi connectivity index (χ0v) is 16.2. The van der Waals surface area contributed by atoms with Crippen molar-refractivity contribution in [1.82, 2.24) is 14.5 Å². The van der Waals surface area contributed by atoms with Crippen molar-refractivity contribution in [2.75, 3.05) is 26.2 Å². The van der Waals surface area contributed by atoms with Crippen molar-refractivity contribution < 1.29 is 8.42 Å². The van der Waals surface area contributed by atoms with Crippen LogP contribution in [0.4, 0.5) is 0 Å².